The van der Waals surface area contributed by atoms with Crippen LogP contribution in [-0.2, 0) is 0 Å². The molecule has 0 aliphatic heterocycles. The van der Waals surface area contributed by atoms with Gasteiger partial charge in [-0.2, -0.15) is 0 Å². The average Bonchev–Trinajstić information content (AvgIpc) is 2.25. The second-order valence-electron chi connectivity index (χ2n) is 5.41. The van der Waals surface area contributed by atoms with Crippen LogP contribution < -0.4 is 5.32 Å². The molecular weight excluding hydrogens is 228 g/mol. The molecule has 0 radical (unpaired) electrons. The summed E-state index contributed by atoms with van der Waals surface area (Å²) in [5, 5.41) is 14.2. The lowest BCUT2D eigenvalue weighted by molar-refractivity contribution is -0.384. The maximum absolute atomic E-state index is 10.7. The van der Waals surface area contributed by atoms with Gasteiger partial charge in [0.1, 0.15) is 0 Å². The number of non-ortho nitro benzene ring substituents is 1. The van der Waals surface area contributed by atoms with Gasteiger partial charge in [0.2, 0.25) is 0 Å². The van der Waals surface area contributed by atoms with Gasteiger partial charge in [-0.05, 0) is 30.4 Å². The number of aryl methyl sites for hydroxylation is 1. The zero-order valence-corrected chi connectivity index (χ0v) is 11.7. The Hall–Kier alpha value is -1.58. The minimum atomic E-state index is -0.362. The summed E-state index contributed by atoms with van der Waals surface area (Å²) in [5.74, 6) is 1.03. The maximum atomic E-state index is 10.7. The molecule has 0 saturated heterocycles. The predicted molar refractivity (Wildman–Crippen MR) is 74.9 cm³/mol. The number of nitrogens with one attached hydrogen (secondary N) is 1. The smallest absolute Gasteiger partial charge is 0.269 e. The lowest BCUT2D eigenvalue weighted by Gasteiger charge is -2.28. The predicted octanol–water partition coefficient (Wildman–Crippen LogP) is 4.00. The summed E-state index contributed by atoms with van der Waals surface area (Å²) < 4.78 is 0. The lowest BCUT2D eigenvalue weighted by Crippen LogP contribution is -2.31. The Labute approximate surface area is 109 Å². The molecule has 0 aliphatic carbocycles. The molecule has 0 bridgehead atoms. The minimum absolute atomic E-state index is 0.142. The molecule has 4 heteroatoms. The second kappa shape index (κ2) is 5.85. The van der Waals surface area contributed by atoms with Crippen molar-refractivity contribution in [2.75, 3.05) is 5.32 Å². The largest absolute Gasteiger partial charge is 0.382 e. The van der Waals surface area contributed by atoms with E-state index in [-0.39, 0.29) is 10.6 Å². The number of rotatable bonds is 5. The van der Waals surface area contributed by atoms with E-state index in [1.54, 1.807) is 18.2 Å². The summed E-state index contributed by atoms with van der Waals surface area (Å²) in [5.41, 5.74) is 2.03. The molecular formula is C14H22N2O2. The molecule has 0 aromatic heterocycles. The van der Waals surface area contributed by atoms with Crippen LogP contribution in [0.3, 0.4) is 0 Å². The molecule has 0 heterocycles. The van der Waals surface area contributed by atoms with Crippen molar-refractivity contribution >= 4 is 11.4 Å². The van der Waals surface area contributed by atoms with E-state index in [1.165, 1.54) is 0 Å². The van der Waals surface area contributed by atoms with E-state index in [0.29, 0.717) is 17.9 Å². The molecule has 100 valence electrons. The zero-order valence-electron chi connectivity index (χ0n) is 11.7. The number of nitrogens with zero attached hydrogens (tertiary/aromatic N) is 1. The standard InChI is InChI=1S/C14H22N2O2/c1-9(2)14(10(3)4)15-13-7-6-12(16(17)18)8-11(13)5/h6-10,14-15H,1-5H3. The van der Waals surface area contributed by atoms with Crippen LogP contribution in [-0.4, -0.2) is 11.0 Å². The zero-order chi connectivity index (χ0) is 13.9. The van der Waals surface area contributed by atoms with Crippen LogP contribution in [0.5, 0.6) is 0 Å². The van der Waals surface area contributed by atoms with E-state index < -0.39 is 0 Å². The van der Waals surface area contributed by atoms with Crippen molar-refractivity contribution in [2.24, 2.45) is 11.8 Å². The summed E-state index contributed by atoms with van der Waals surface area (Å²) in [7, 11) is 0. The fraction of sp³-hybridized carbons (Fsp3) is 0.571. The van der Waals surface area contributed by atoms with Crippen molar-refractivity contribution in [3.05, 3.63) is 33.9 Å². The fourth-order valence-corrected chi connectivity index (χ4v) is 2.21. The Morgan fingerprint density at radius 2 is 1.72 bits per heavy atom. The van der Waals surface area contributed by atoms with E-state index in [1.807, 2.05) is 6.92 Å². The van der Waals surface area contributed by atoms with Crippen molar-refractivity contribution in [3.8, 4) is 0 Å². The number of benzene rings is 1. The van der Waals surface area contributed by atoms with Crippen LogP contribution in [0.1, 0.15) is 33.3 Å². The van der Waals surface area contributed by atoms with Crippen molar-refractivity contribution in [3.63, 3.8) is 0 Å². The molecule has 0 aliphatic rings. The van der Waals surface area contributed by atoms with Crippen LogP contribution in [0, 0.1) is 28.9 Å². The van der Waals surface area contributed by atoms with Crippen molar-refractivity contribution in [1.29, 1.82) is 0 Å². The first-order chi connectivity index (χ1) is 8.32. The monoisotopic (exact) mass is 250 g/mol. The van der Waals surface area contributed by atoms with Gasteiger partial charge < -0.3 is 5.32 Å². The molecule has 0 spiro atoms. The van der Waals surface area contributed by atoms with Gasteiger partial charge in [-0.25, -0.2) is 0 Å². The van der Waals surface area contributed by atoms with Crippen molar-refractivity contribution < 1.29 is 4.92 Å². The third kappa shape index (κ3) is 3.45. The molecule has 0 fully saturated rings. The van der Waals surface area contributed by atoms with Gasteiger partial charge >= 0.3 is 0 Å². The van der Waals surface area contributed by atoms with E-state index in [2.05, 4.69) is 33.0 Å². The highest BCUT2D eigenvalue weighted by atomic mass is 16.6. The molecule has 1 aromatic rings. The molecule has 0 atom stereocenters. The number of nitro groups is 1. The van der Waals surface area contributed by atoms with Crippen LogP contribution in [0.15, 0.2) is 18.2 Å². The molecule has 1 N–H and O–H groups in total. The van der Waals surface area contributed by atoms with Gasteiger partial charge in [-0.1, -0.05) is 27.7 Å². The molecule has 1 rings (SSSR count). The number of hydrogen-bond acceptors (Lipinski definition) is 3. The van der Waals surface area contributed by atoms with Gasteiger partial charge in [0.15, 0.2) is 0 Å². The number of hydrogen-bond donors (Lipinski definition) is 1. The van der Waals surface area contributed by atoms with E-state index >= 15 is 0 Å². The highest BCUT2D eigenvalue weighted by Crippen LogP contribution is 2.25. The normalized spacial score (nSPS) is 11.3. The van der Waals surface area contributed by atoms with E-state index in [4.69, 9.17) is 0 Å². The van der Waals surface area contributed by atoms with Crippen LogP contribution in [0.4, 0.5) is 11.4 Å². The molecule has 1 aromatic carbocycles. The first kappa shape index (κ1) is 14.5. The minimum Gasteiger partial charge on any atom is -0.382 e. The van der Waals surface area contributed by atoms with Crippen molar-refractivity contribution in [2.45, 2.75) is 40.7 Å². The highest BCUT2D eigenvalue weighted by molar-refractivity contribution is 5.56. The Balaban J connectivity index is 2.94. The SMILES string of the molecule is Cc1cc([N+](=O)[O-])ccc1NC(C(C)C)C(C)C. The third-order valence-corrected chi connectivity index (χ3v) is 3.18. The van der Waals surface area contributed by atoms with E-state index in [0.717, 1.165) is 11.3 Å². The molecule has 4 nitrogen and oxygen atoms in total. The van der Waals surface area contributed by atoms with Gasteiger partial charge in [0, 0.05) is 23.9 Å². The molecule has 0 unspecified atom stereocenters. The summed E-state index contributed by atoms with van der Waals surface area (Å²) in [4.78, 5) is 10.3. The summed E-state index contributed by atoms with van der Waals surface area (Å²) >= 11 is 0. The van der Waals surface area contributed by atoms with E-state index in [9.17, 15) is 10.1 Å². The fourth-order valence-electron chi connectivity index (χ4n) is 2.21. The highest BCUT2D eigenvalue weighted by Gasteiger charge is 2.18. The topological polar surface area (TPSA) is 55.2 Å². The second-order valence-corrected chi connectivity index (χ2v) is 5.41. The molecule has 18 heavy (non-hydrogen) atoms. The number of nitro benzene ring substituents is 1. The van der Waals surface area contributed by atoms with Crippen LogP contribution in [0.2, 0.25) is 0 Å². The average molecular weight is 250 g/mol. The van der Waals surface area contributed by atoms with Gasteiger partial charge in [-0.15, -0.1) is 0 Å². The first-order valence-corrected chi connectivity index (χ1v) is 6.34. The van der Waals surface area contributed by atoms with Gasteiger partial charge in [0.25, 0.3) is 5.69 Å². The van der Waals surface area contributed by atoms with Gasteiger partial charge in [-0.3, -0.25) is 10.1 Å². The third-order valence-electron chi connectivity index (χ3n) is 3.18. The first-order valence-electron chi connectivity index (χ1n) is 6.34. The van der Waals surface area contributed by atoms with Gasteiger partial charge in [0.05, 0.1) is 4.92 Å². The quantitative estimate of drug-likeness (QED) is 0.635. The Kier molecular flexibility index (Phi) is 4.70. The van der Waals surface area contributed by atoms with Crippen LogP contribution >= 0.6 is 0 Å². The Bertz CT molecular complexity index is 420. The summed E-state index contributed by atoms with van der Waals surface area (Å²) in [6.45, 7) is 10.6. The molecule has 0 amide bonds. The Morgan fingerprint density at radius 1 is 1.17 bits per heavy atom. The molecule has 0 saturated carbocycles. The summed E-state index contributed by atoms with van der Waals surface area (Å²) in [6.07, 6.45) is 0. The lowest BCUT2D eigenvalue weighted by atomic mass is 9.92. The summed E-state index contributed by atoms with van der Waals surface area (Å²) in [6, 6.07) is 5.32. The Morgan fingerprint density at radius 3 is 2.11 bits per heavy atom. The van der Waals surface area contributed by atoms with Crippen LogP contribution in [0.25, 0.3) is 0 Å². The number of anilines is 1. The maximum Gasteiger partial charge on any atom is 0.269 e. The van der Waals surface area contributed by atoms with Crippen molar-refractivity contribution in [1.82, 2.24) is 0 Å².